The van der Waals surface area contributed by atoms with Crippen molar-refractivity contribution in [3.63, 3.8) is 0 Å². The maximum atomic E-state index is 12.8. The molecule has 1 N–H and O–H groups in total. The van der Waals surface area contributed by atoms with E-state index in [0.717, 1.165) is 39.0 Å². The van der Waals surface area contributed by atoms with Crippen LogP contribution in [0.4, 0.5) is 0 Å². The van der Waals surface area contributed by atoms with Crippen LogP contribution >= 0.6 is 0 Å². The molecule has 4 nitrogen and oxygen atoms in total. The lowest BCUT2D eigenvalue weighted by Crippen LogP contribution is -2.66. The lowest BCUT2D eigenvalue weighted by atomic mass is 9.64. The largest absolute Gasteiger partial charge is 0.468 e. The summed E-state index contributed by atoms with van der Waals surface area (Å²) in [6.45, 7) is 10.6. The van der Waals surface area contributed by atoms with Crippen LogP contribution in [0.3, 0.4) is 0 Å². The SMILES string of the molecule is COC(=O)C1(N2CCNCC2)CC(C)CCC1C(C)C. The summed E-state index contributed by atoms with van der Waals surface area (Å²) in [6, 6.07) is 0. The first-order valence-corrected chi connectivity index (χ1v) is 8.06. The van der Waals surface area contributed by atoms with Crippen molar-refractivity contribution in [2.75, 3.05) is 33.3 Å². The van der Waals surface area contributed by atoms with Crippen LogP contribution in [0.25, 0.3) is 0 Å². The smallest absolute Gasteiger partial charge is 0.326 e. The molecule has 116 valence electrons. The van der Waals surface area contributed by atoms with Gasteiger partial charge in [0.15, 0.2) is 0 Å². The van der Waals surface area contributed by atoms with E-state index in [2.05, 4.69) is 31.0 Å². The maximum Gasteiger partial charge on any atom is 0.326 e. The lowest BCUT2D eigenvalue weighted by Gasteiger charge is -2.53. The fraction of sp³-hybridized carbons (Fsp3) is 0.938. The van der Waals surface area contributed by atoms with E-state index in [1.165, 1.54) is 6.42 Å². The average molecular weight is 282 g/mol. The highest BCUT2D eigenvalue weighted by molar-refractivity contribution is 5.81. The lowest BCUT2D eigenvalue weighted by molar-refractivity contribution is -0.168. The molecular weight excluding hydrogens is 252 g/mol. The zero-order valence-corrected chi connectivity index (χ0v) is 13.4. The van der Waals surface area contributed by atoms with Crippen LogP contribution in [0, 0.1) is 17.8 Å². The highest BCUT2D eigenvalue weighted by Gasteiger charge is 2.54. The Morgan fingerprint density at radius 1 is 1.30 bits per heavy atom. The number of hydrogen-bond donors (Lipinski definition) is 1. The number of rotatable bonds is 3. The highest BCUT2D eigenvalue weighted by Crippen LogP contribution is 2.45. The van der Waals surface area contributed by atoms with E-state index in [1.807, 2.05) is 0 Å². The van der Waals surface area contributed by atoms with Crippen molar-refractivity contribution in [2.45, 2.75) is 45.6 Å². The first kappa shape index (κ1) is 15.8. The van der Waals surface area contributed by atoms with Gasteiger partial charge in [0.05, 0.1) is 7.11 Å². The number of piperazine rings is 1. The number of ether oxygens (including phenoxy) is 1. The Morgan fingerprint density at radius 3 is 2.50 bits per heavy atom. The third-order valence-electron chi connectivity index (χ3n) is 5.27. The molecule has 2 fully saturated rings. The van der Waals surface area contributed by atoms with Crippen LogP contribution in [0.5, 0.6) is 0 Å². The van der Waals surface area contributed by atoms with Crippen LogP contribution in [-0.4, -0.2) is 49.7 Å². The maximum absolute atomic E-state index is 12.8. The predicted molar refractivity (Wildman–Crippen MR) is 80.5 cm³/mol. The minimum Gasteiger partial charge on any atom is -0.468 e. The number of hydrogen-bond acceptors (Lipinski definition) is 4. The van der Waals surface area contributed by atoms with Crippen LogP contribution in [0.2, 0.25) is 0 Å². The van der Waals surface area contributed by atoms with Crippen molar-refractivity contribution >= 4 is 5.97 Å². The zero-order chi connectivity index (χ0) is 14.8. The molecule has 0 radical (unpaired) electrons. The summed E-state index contributed by atoms with van der Waals surface area (Å²) in [7, 11) is 1.54. The van der Waals surface area contributed by atoms with Crippen LogP contribution in [0.15, 0.2) is 0 Å². The topological polar surface area (TPSA) is 41.6 Å². The van der Waals surface area contributed by atoms with Crippen LogP contribution < -0.4 is 5.32 Å². The minimum atomic E-state index is -0.400. The molecule has 1 saturated heterocycles. The first-order valence-electron chi connectivity index (χ1n) is 8.06. The van der Waals surface area contributed by atoms with Gasteiger partial charge in [-0.3, -0.25) is 9.69 Å². The molecule has 20 heavy (non-hydrogen) atoms. The quantitative estimate of drug-likeness (QED) is 0.803. The van der Waals surface area contributed by atoms with Gasteiger partial charge in [-0.1, -0.05) is 27.2 Å². The summed E-state index contributed by atoms with van der Waals surface area (Å²) in [5, 5.41) is 3.39. The molecule has 4 heteroatoms. The van der Waals surface area contributed by atoms with Gasteiger partial charge in [0.2, 0.25) is 0 Å². The zero-order valence-electron chi connectivity index (χ0n) is 13.4. The Balaban J connectivity index is 2.37. The molecule has 0 aromatic carbocycles. The third-order valence-corrected chi connectivity index (χ3v) is 5.27. The molecule has 0 amide bonds. The molecule has 0 spiro atoms. The van der Waals surface area contributed by atoms with Crippen molar-refractivity contribution in [2.24, 2.45) is 17.8 Å². The second-order valence-electron chi connectivity index (χ2n) is 6.89. The van der Waals surface area contributed by atoms with Crippen molar-refractivity contribution in [3.8, 4) is 0 Å². The standard InChI is InChI=1S/C16H30N2O2/c1-12(2)14-6-5-13(3)11-16(14,15(19)20-4)18-9-7-17-8-10-18/h12-14,17H,5-11H2,1-4H3. The summed E-state index contributed by atoms with van der Waals surface area (Å²) in [6.07, 6.45) is 3.31. The molecule has 1 aliphatic carbocycles. The fourth-order valence-electron chi connectivity index (χ4n) is 4.34. The predicted octanol–water partition coefficient (Wildman–Crippen LogP) is 1.90. The Hall–Kier alpha value is -0.610. The van der Waals surface area contributed by atoms with Gasteiger partial charge in [-0.15, -0.1) is 0 Å². The van der Waals surface area contributed by atoms with E-state index in [1.54, 1.807) is 7.11 Å². The number of methoxy groups -OCH3 is 1. The number of esters is 1. The van der Waals surface area contributed by atoms with Gasteiger partial charge in [-0.25, -0.2) is 0 Å². The molecule has 0 aromatic rings. The van der Waals surface area contributed by atoms with E-state index >= 15 is 0 Å². The Morgan fingerprint density at radius 2 is 1.95 bits per heavy atom. The van der Waals surface area contributed by atoms with Gasteiger partial charge in [-0.2, -0.15) is 0 Å². The summed E-state index contributed by atoms with van der Waals surface area (Å²) in [5.41, 5.74) is -0.400. The van der Waals surface area contributed by atoms with E-state index in [0.29, 0.717) is 17.8 Å². The molecule has 0 aromatic heterocycles. The van der Waals surface area contributed by atoms with Crippen molar-refractivity contribution in [1.29, 1.82) is 0 Å². The molecule has 0 bridgehead atoms. The normalized spacial score (nSPS) is 36.0. The van der Waals surface area contributed by atoms with E-state index in [4.69, 9.17) is 4.74 Å². The number of nitrogens with one attached hydrogen (secondary N) is 1. The Kier molecular flexibility index (Phi) is 5.08. The van der Waals surface area contributed by atoms with Gasteiger partial charge >= 0.3 is 5.97 Å². The van der Waals surface area contributed by atoms with Gasteiger partial charge in [-0.05, 0) is 30.6 Å². The number of carbonyl (C=O) groups excluding carboxylic acids is 1. The molecule has 3 atom stereocenters. The van der Waals surface area contributed by atoms with Crippen molar-refractivity contribution < 1.29 is 9.53 Å². The molecule has 3 unspecified atom stereocenters. The summed E-state index contributed by atoms with van der Waals surface area (Å²) in [5.74, 6) is 1.50. The molecule has 1 saturated carbocycles. The summed E-state index contributed by atoms with van der Waals surface area (Å²) < 4.78 is 5.27. The van der Waals surface area contributed by atoms with E-state index in [-0.39, 0.29) is 5.97 Å². The summed E-state index contributed by atoms with van der Waals surface area (Å²) in [4.78, 5) is 15.2. The van der Waals surface area contributed by atoms with Gasteiger partial charge in [0, 0.05) is 26.2 Å². The molecule has 2 aliphatic rings. The first-order chi connectivity index (χ1) is 9.52. The second-order valence-corrected chi connectivity index (χ2v) is 6.89. The minimum absolute atomic E-state index is 0.00958. The molecule has 2 rings (SSSR count). The highest BCUT2D eigenvalue weighted by atomic mass is 16.5. The van der Waals surface area contributed by atoms with Crippen LogP contribution in [0.1, 0.15) is 40.0 Å². The monoisotopic (exact) mass is 282 g/mol. The Bertz CT molecular complexity index is 339. The van der Waals surface area contributed by atoms with Crippen molar-refractivity contribution in [1.82, 2.24) is 10.2 Å². The van der Waals surface area contributed by atoms with E-state index < -0.39 is 5.54 Å². The van der Waals surface area contributed by atoms with Crippen molar-refractivity contribution in [3.05, 3.63) is 0 Å². The second kappa shape index (κ2) is 6.44. The molecule has 1 aliphatic heterocycles. The molecular formula is C16H30N2O2. The van der Waals surface area contributed by atoms with Crippen LogP contribution in [-0.2, 0) is 9.53 Å². The molecule has 1 heterocycles. The third kappa shape index (κ3) is 2.73. The van der Waals surface area contributed by atoms with E-state index in [9.17, 15) is 4.79 Å². The average Bonchev–Trinajstić information content (AvgIpc) is 2.46. The van der Waals surface area contributed by atoms with Gasteiger partial charge in [0.1, 0.15) is 5.54 Å². The number of nitrogens with zero attached hydrogens (tertiary/aromatic N) is 1. The summed E-state index contributed by atoms with van der Waals surface area (Å²) >= 11 is 0. The fourth-order valence-corrected chi connectivity index (χ4v) is 4.34. The van der Waals surface area contributed by atoms with Gasteiger partial charge < -0.3 is 10.1 Å². The number of carbonyl (C=O) groups is 1. The Labute approximate surface area is 123 Å². The van der Waals surface area contributed by atoms with Gasteiger partial charge in [0.25, 0.3) is 0 Å².